The lowest BCUT2D eigenvalue weighted by molar-refractivity contribution is -0.148. The van der Waals surface area contributed by atoms with Crippen molar-refractivity contribution >= 4 is 24.2 Å². The molecule has 1 aromatic rings. The summed E-state index contributed by atoms with van der Waals surface area (Å²) in [7, 11) is -1.33. The van der Waals surface area contributed by atoms with E-state index in [1.165, 1.54) is 0 Å². The van der Waals surface area contributed by atoms with Crippen LogP contribution in [0.25, 0.3) is 0 Å². The number of fused-ring (bicyclic) bond motifs is 1. The summed E-state index contributed by atoms with van der Waals surface area (Å²) >= 11 is 0. The fraction of sp³-hybridized carbons (Fsp3) is 0.588. The minimum absolute atomic E-state index is 0.0643. The van der Waals surface area contributed by atoms with Crippen LogP contribution in [-0.2, 0) is 16.1 Å². The molecule has 3 atom stereocenters. The lowest BCUT2D eigenvalue weighted by Crippen LogP contribution is -2.56. The van der Waals surface area contributed by atoms with Gasteiger partial charge in [0.05, 0.1) is 12.0 Å². The van der Waals surface area contributed by atoms with Crippen molar-refractivity contribution in [1.82, 2.24) is 0 Å². The van der Waals surface area contributed by atoms with E-state index >= 15 is 0 Å². The summed E-state index contributed by atoms with van der Waals surface area (Å²) in [5, 5.41) is 12.0. The Morgan fingerprint density at radius 1 is 1.46 bits per heavy atom. The average molecular weight is 337 g/mol. The van der Waals surface area contributed by atoms with E-state index in [4.69, 9.17) is 4.65 Å². The number of carbonyl (C=O) groups excluding carboxylic acids is 1. The zero-order valence-corrected chi connectivity index (χ0v) is 14.3. The van der Waals surface area contributed by atoms with Gasteiger partial charge in [0.2, 0.25) is 5.91 Å². The Morgan fingerprint density at radius 2 is 2.12 bits per heavy atom. The highest BCUT2D eigenvalue weighted by molar-refractivity contribution is 6.61. The molecule has 0 spiro atoms. The molecule has 0 saturated heterocycles. The van der Waals surface area contributed by atoms with Crippen LogP contribution in [0.3, 0.4) is 0 Å². The Morgan fingerprint density at radius 3 is 2.67 bits per heavy atom. The van der Waals surface area contributed by atoms with Gasteiger partial charge in [-0.2, -0.15) is 0 Å². The first kappa shape index (κ1) is 17.4. The van der Waals surface area contributed by atoms with Gasteiger partial charge in [0.15, 0.2) is 5.82 Å². The molecule has 3 unspecified atom stereocenters. The second-order valence-corrected chi connectivity index (χ2v) is 7.40. The largest absolute Gasteiger partial charge is 0.491 e. The fourth-order valence-electron chi connectivity index (χ4n) is 4.21. The molecule has 0 aromatic heterocycles. The molecular formula is C17H22BF2NO3. The second kappa shape index (κ2) is 5.81. The van der Waals surface area contributed by atoms with Crippen LogP contribution in [0.5, 0.6) is 0 Å². The van der Waals surface area contributed by atoms with E-state index in [-0.39, 0.29) is 35.4 Å². The summed E-state index contributed by atoms with van der Waals surface area (Å²) in [6.45, 7) is 7.86. The van der Waals surface area contributed by atoms with Crippen LogP contribution < -0.4 is 10.8 Å². The van der Waals surface area contributed by atoms with Crippen molar-refractivity contribution in [3.8, 4) is 0 Å². The third-order valence-corrected chi connectivity index (χ3v) is 6.02. The van der Waals surface area contributed by atoms with Crippen molar-refractivity contribution in [2.24, 2.45) is 23.2 Å². The Labute approximate surface area is 140 Å². The smallest absolute Gasteiger partial charge is 0.423 e. The highest BCUT2D eigenvalue weighted by Crippen LogP contribution is 2.56. The Balaban J connectivity index is 1.93. The Hall–Kier alpha value is -1.47. The SMILES string of the molecule is CC1CC(C(=O)Nc2c(F)cc3c(c2F)COB3O)(C(C)C)C1C. The van der Waals surface area contributed by atoms with Gasteiger partial charge in [0.1, 0.15) is 11.5 Å². The summed E-state index contributed by atoms with van der Waals surface area (Å²) in [6.07, 6.45) is 0.702. The molecule has 1 aliphatic heterocycles. The van der Waals surface area contributed by atoms with Crippen LogP contribution in [0.4, 0.5) is 14.5 Å². The molecule has 0 radical (unpaired) electrons. The molecule has 0 bridgehead atoms. The zero-order valence-electron chi connectivity index (χ0n) is 14.3. The quantitative estimate of drug-likeness (QED) is 0.833. The van der Waals surface area contributed by atoms with Gasteiger partial charge in [0, 0.05) is 5.56 Å². The molecule has 2 N–H and O–H groups in total. The van der Waals surface area contributed by atoms with E-state index in [1.54, 1.807) is 0 Å². The molecule has 2 aliphatic rings. The molecule has 24 heavy (non-hydrogen) atoms. The molecule has 1 aliphatic carbocycles. The zero-order chi connectivity index (χ0) is 17.8. The van der Waals surface area contributed by atoms with Gasteiger partial charge in [0.25, 0.3) is 0 Å². The summed E-state index contributed by atoms with van der Waals surface area (Å²) in [5.41, 5.74) is -0.906. The van der Waals surface area contributed by atoms with Crippen LogP contribution in [0.2, 0.25) is 0 Å². The molecule has 1 saturated carbocycles. The van der Waals surface area contributed by atoms with Gasteiger partial charge in [-0.3, -0.25) is 4.79 Å². The van der Waals surface area contributed by atoms with E-state index < -0.39 is 29.9 Å². The lowest BCUT2D eigenvalue weighted by atomic mass is 9.50. The maximum atomic E-state index is 14.6. The summed E-state index contributed by atoms with van der Waals surface area (Å²) in [6, 6.07) is 1.03. The predicted molar refractivity (Wildman–Crippen MR) is 87.6 cm³/mol. The molecule has 130 valence electrons. The molecule has 1 fully saturated rings. The first-order valence-electron chi connectivity index (χ1n) is 8.32. The second-order valence-electron chi connectivity index (χ2n) is 7.40. The molecule has 4 nitrogen and oxygen atoms in total. The summed E-state index contributed by atoms with van der Waals surface area (Å²) in [5.74, 6) is -1.51. The van der Waals surface area contributed by atoms with Gasteiger partial charge < -0.3 is 15.0 Å². The normalized spacial score (nSPS) is 28.8. The van der Waals surface area contributed by atoms with Gasteiger partial charge in [-0.25, -0.2) is 8.78 Å². The number of benzene rings is 1. The lowest BCUT2D eigenvalue weighted by Gasteiger charge is -2.54. The molecule has 1 amide bonds. The molecule has 7 heteroatoms. The molecule has 1 aromatic carbocycles. The van der Waals surface area contributed by atoms with Crippen LogP contribution in [0, 0.1) is 34.8 Å². The maximum Gasteiger partial charge on any atom is 0.491 e. The van der Waals surface area contributed by atoms with Crippen LogP contribution in [0.15, 0.2) is 6.07 Å². The Bertz CT molecular complexity index is 697. The average Bonchev–Trinajstić information content (AvgIpc) is 2.89. The van der Waals surface area contributed by atoms with Crippen molar-refractivity contribution in [3.05, 3.63) is 23.3 Å². The first-order valence-corrected chi connectivity index (χ1v) is 8.32. The molecule has 1 heterocycles. The van der Waals surface area contributed by atoms with Crippen molar-refractivity contribution in [3.63, 3.8) is 0 Å². The highest BCUT2D eigenvalue weighted by atomic mass is 19.1. The number of anilines is 1. The monoisotopic (exact) mass is 337 g/mol. The predicted octanol–water partition coefficient (Wildman–Crippen LogP) is 2.44. The Kier molecular flexibility index (Phi) is 4.20. The molecular weight excluding hydrogens is 315 g/mol. The third kappa shape index (κ3) is 2.29. The van der Waals surface area contributed by atoms with Gasteiger partial charge in [-0.15, -0.1) is 0 Å². The number of hydrogen-bond donors (Lipinski definition) is 2. The van der Waals surface area contributed by atoms with Gasteiger partial charge in [-0.1, -0.05) is 27.7 Å². The topological polar surface area (TPSA) is 58.6 Å². The highest BCUT2D eigenvalue weighted by Gasteiger charge is 2.56. The molecule has 3 rings (SSSR count). The van der Waals surface area contributed by atoms with Crippen molar-refractivity contribution in [1.29, 1.82) is 0 Å². The fourth-order valence-corrected chi connectivity index (χ4v) is 4.21. The van der Waals surface area contributed by atoms with Gasteiger partial charge in [-0.05, 0) is 35.7 Å². The minimum Gasteiger partial charge on any atom is -0.423 e. The number of nitrogens with one attached hydrogen (secondary N) is 1. The number of rotatable bonds is 3. The standard InChI is InChI=1S/C17H22BF2NO3/c1-8(2)17(6-9(3)10(17)4)16(22)21-15-13(19)5-12-11(14(15)20)7-24-18(12)23/h5,8-10,23H,6-7H2,1-4H3,(H,21,22). The van der Waals surface area contributed by atoms with E-state index in [9.17, 15) is 18.6 Å². The third-order valence-electron chi connectivity index (χ3n) is 6.02. The van der Waals surface area contributed by atoms with Crippen LogP contribution in [0.1, 0.15) is 39.7 Å². The van der Waals surface area contributed by atoms with E-state index in [0.29, 0.717) is 12.3 Å². The van der Waals surface area contributed by atoms with Crippen molar-refractivity contribution in [2.45, 2.75) is 40.7 Å². The summed E-state index contributed by atoms with van der Waals surface area (Å²) < 4.78 is 33.8. The maximum absolute atomic E-state index is 14.6. The number of amides is 1. The van der Waals surface area contributed by atoms with Crippen molar-refractivity contribution in [2.75, 3.05) is 5.32 Å². The number of halogens is 2. The summed E-state index contributed by atoms with van der Waals surface area (Å²) in [4.78, 5) is 12.9. The van der Waals surface area contributed by atoms with E-state index in [0.717, 1.165) is 6.07 Å². The number of hydrogen-bond acceptors (Lipinski definition) is 3. The van der Waals surface area contributed by atoms with Crippen LogP contribution >= 0.6 is 0 Å². The van der Waals surface area contributed by atoms with E-state index in [2.05, 4.69) is 12.2 Å². The minimum atomic E-state index is -1.33. The van der Waals surface area contributed by atoms with Gasteiger partial charge >= 0.3 is 7.12 Å². The van der Waals surface area contributed by atoms with Crippen LogP contribution in [-0.4, -0.2) is 18.0 Å². The van der Waals surface area contributed by atoms with E-state index in [1.807, 2.05) is 20.8 Å². The number of carbonyl (C=O) groups is 1. The first-order chi connectivity index (χ1) is 11.2. The van der Waals surface area contributed by atoms with Crippen molar-refractivity contribution < 1.29 is 23.3 Å².